The molecule has 0 saturated heterocycles. The van der Waals surface area contributed by atoms with Crippen LogP contribution < -0.4 is 0 Å². The molecule has 1 unspecified atom stereocenters. The molecule has 21 heavy (non-hydrogen) atoms. The number of rotatable bonds is 2. The Hall–Kier alpha value is -0.350. The summed E-state index contributed by atoms with van der Waals surface area (Å²) in [5.74, 6) is 0. The quantitative estimate of drug-likeness (QED) is 0.327. The van der Waals surface area contributed by atoms with Crippen molar-refractivity contribution in [2.24, 2.45) is 0 Å². The second kappa shape index (κ2) is 6.41. The van der Waals surface area contributed by atoms with Crippen molar-refractivity contribution in [2.45, 2.75) is 4.83 Å². The third-order valence-corrected chi connectivity index (χ3v) is 6.34. The second-order valence-electron chi connectivity index (χ2n) is 4.72. The van der Waals surface area contributed by atoms with Crippen LogP contribution in [-0.4, -0.2) is 0 Å². The van der Waals surface area contributed by atoms with Gasteiger partial charge in [-0.05, 0) is 56.0 Å². The topological polar surface area (TPSA) is 0 Å². The third-order valence-electron chi connectivity index (χ3n) is 3.41. The van der Waals surface area contributed by atoms with Gasteiger partial charge < -0.3 is 0 Å². The summed E-state index contributed by atoms with van der Waals surface area (Å²) in [6, 6.07) is 18.6. The van der Waals surface area contributed by atoms with Gasteiger partial charge in [-0.15, -0.1) is 0 Å². The molecule has 3 aromatic carbocycles. The third kappa shape index (κ3) is 3.07. The zero-order valence-corrected chi connectivity index (χ0v) is 16.3. The van der Waals surface area contributed by atoms with Crippen molar-refractivity contribution in [1.82, 2.24) is 0 Å². The lowest BCUT2D eigenvalue weighted by atomic mass is 9.98. The van der Waals surface area contributed by atoms with E-state index in [-0.39, 0.29) is 4.83 Å². The van der Waals surface area contributed by atoms with E-state index in [1.165, 1.54) is 21.9 Å². The van der Waals surface area contributed by atoms with Gasteiger partial charge in [-0.25, -0.2) is 0 Å². The normalized spacial score (nSPS) is 12.6. The second-order valence-corrected chi connectivity index (χ2v) is 7.75. The molecule has 0 saturated carbocycles. The van der Waals surface area contributed by atoms with Crippen molar-refractivity contribution >= 4 is 70.2 Å². The molecule has 3 aromatic rings. The molecule has 0 radical (unpaired) electrons. The number of fused-ring (bicyclic) bond motifs is 1. The zero-order chi connectivity index (χ0) is 15.0. The molecule has 0 N–H and O–H groups in total. The summed E-state index contributed by atoms with van der Waals surface area (Å²) in [4.78, 5) is 0.115. The molecule has 0 fully saturated rings. The van der Waals surface area contributed by atoms with E-state index in [1.807, 2.05) is 12.1 Å². The van der Waals surface area contributed by atoms with Crippen LogP contribution in [0.5, 0.6) is 0 Å². The van der Waals surface area contributed by atoms with E-state index in [0.717, 1.165) is 14.0 Å². The minimum Gasteiger partial charge on any atom is -0.0831 e. The van der Waals surface area contributed by atoms with Crippen molar-refractivity contribution in [3.05, 3.63) is 79.7 Å². The van der Waals surface area contributed by atoms with E-state index < -0.39 is 0 Å². The van der Waals surface area contributed by atoms with Gasteiger partial charge in [0.15, 0.2) is 0 Å². The van der Waals surface area contributed by atoms with Crippen LogP contribution in [0, 0.1) is 0 Å². The van der Waals surface area contributed by atoms with Gasteiger partial charge in [-0.2, -0.15) is 0 Å². The maximum Gasteiger partial charge on any atom is 0.0651 e. The predicted molar refractivity (Wildman–Crippen MR) is 102 cm³/mol. The van der Waals surface area contributed by atoms with E-state index in [1.54, 1.807) is 0 Å². The van der Waals surface area contributed by atoms with Crippen LogP contribution >= 0.6 is 59.4 Å². The summed E-state index contributed by atoms with van der Waals surface area (Å²) >= 11 is 17.0. The van der Waals surface area contributed by atoms with E-state index >= 15 is 0 Å². The predicted octanol–water partition coefficient (Wildman–Crippen LogP) is 7.50. The van der Waals surface area contributed by atoms with E-state index in [0.29, 0.717) is 0 Å². The Morgan fingerprint density at radius 2 is 1.52 bits per heavy atom. The first-order valence-electron chi connectivity index (χ1n) is 6.34. The van der Waals surface area contributed by atoms with Crippen molar-refractivity contribution in [3.63, 3.8) is 0 Å². The van der Waals surface area contributed by atoms with E-state index in [4.69, 9.17) is 11.6 Å². The molecule has 0 aromatic heterocycles. The van der Waals surface area contributed by atoms with Gasteiger partial charge in [0.2, 0.25) is 0 Å². The van der Waals surface area contributed by atoms with Gasteiger partial charge in [0.25, 0.3) is 0 Å². The van der Waals surface area contributed by atoms with Crippen LogP contribution in [0.1, 0.15) is 16.0 Å². The van der Waals surface area contributed by atoms with E-state index in [2.05, 4.69) is 90.3 Å². The summed E-state index contributed by atoms with van der Waals surface area (Å²) in [5, 5.41) is 3.17. The highest BCUT2D eigenvalue weighted by Gasteiger charge is 2.15. The molecule has 4 heteroatoms. The summed E-state index contributed by atoms with van der Waals surface area (Å²) in [6.07, 6.45) is 0. The number of hydrogen-bond acceptors (Lipinski definition) is 0. The minimum atomic E-state index is 0.115. The maximum absolute atomic E-state index is 6.08. The van der Waals surface area contributed by atoms with Crippen molar-refractivity contribution < 1.29 is 0 Å². The Bertz CT molecular complexity index is 814. The molecule has 0 heterocycles. The summed E-state index contributed by atoms with van der Waals surface area (Å²) in [7, 11) is 0. The van der Waals surface area contributed by atoms with Crippen LogP contribution in [-0.2, 0) is 0 Å². The van der Waals surface area contributed by atoms with Gasteiger partial charge in [0.05, 0.1) is 9.85 Å². The Kier molecular flexibility index (Phi) is 4.75. The lowest BCUT2D eigenvalue weighted by molar-refractivity contribution is 1.19. The van der Waals surface area contributed by atoms with Crippen LogP contribution in [0.4, 0.5) is 0 Å². The van der Waals surface area contributed by atoms with Crippen molar-refractivity contribution in [3.8, 4) is 0 Å². The lowest BCUT2D eigenvalue weighted by Gasteiger charge is -2.15. The molecule has 3 rings (SSSR count). The molecule has 0 aliphatic heterocycles. The summed E-state index contributed by atoms with van der Waals surface area (Å²) < 4.78 is 2.02. The fraction of sp³-hybridized carbons (Fsp3) is 0.0588. The Morgan fingerprint density at radius 1 is 0.810 bits per heavy atom. The molecular weight excluding hydrogens is 479 g/mol. The number of halogens is 4. The van der Waals surface area contributed by atoms with Crippen molar-refractivity contribution in [2.75, 3.05) is 0 Å². The maximum atomic E-state index is 6.08. The van der Waals surface area contributed by atoms with Crippen LogP contribution in [0.2, 0.25) is 5.02 Å². The largest absolute Gasteiger partial charge is 0.0831 e. The van der Waals surface area contributed by atoms with Crippen LogP contribution in [0.15, 0.2) is 63.5 Å². The molecule has 0 aliphatic carbocycles. The first-order chi connectivity index (χ1) is 10.1. The monoisotopic (exact) mass is 486 g/mol. The van der Waals surface area contributed by atoms with Gasteiger partial charge in [-0.1, -0.05) is 79.9 Å². The van der Waals surface area contributed by atoms with Gasteiger partial charge in [0.1, 0.15) is 0 Å². The molecule has 1 atom stereocenters. The van der Waals surface area contributed by atoms with Gasteiger partial charge in [0, 0.05) is 8.95 Å². The lowest BCUT2D eigenvalue weighted by Crippen LogP contribution is -1.95. The highest BCUT2D eigenvalue weighted by molar-refractivity contribution is 9.11. The summed E-state index contributed by atoms with van der Waals surface area (Å²) in [5.41, 5.74) is 2.40. The molecule has 0 nitrogen and oxygen atoms in total. The highest BCUT2D eigenvalue weighted by Crippen LogP contribution is 2.39. The number of benzene rings is 3. The summed E-state index contributed by atoms with van der Waals surface area (Å²) in [6.45, 7) is 0. The molecular formula is C17H10Br3Cl. The fourth-order valence-electron chi connectivity index (χ4n) is 2.36. The average Bonchev–Trinajstić information content (AvgIpc) is 2.50. The van der Waals surface area contributed by atoms with Gasteiger partial charge in [-0.3, -0.25) is 0 Å². The Balaban J connectivity index is 2.15. The molecule has 0 amide bonds. The van der Waals surface area contributed by atoms with Crippen molar-refractivity contribution in [1.29, 1.82) is 0 Å². The van der Waals surface area contributed by atoms with Crippen LogP contribution in [0.25, 0.3) is 10.8 Å². The standard InChI is InChI=1S/C17H10Br3Cl/c18-14-7-6-13(11-3-1-2-4-12(11)14)17(20)10-5-8-16(21)15(19)9-10/h1-9,17H. The molecule has 0 bridgehead atoms. The fourth-order valence-corrected chi connectivity index (χ4v) is 4.03. The Labute approximate surface area is 153 Å². The first kappa shape index (κ1) is 15.5. The minimum absolute atomic E-state index is 0.115. The SMILES string of the molecule is Clc1ccc(C(Br)c2ccc(Br)c3ccccc23)cc1Br. The smallest absolute Gasteiger partial charge is 0.0651 e. The Morgan fingerprint density at radius 3 is 2.24 bits per heavy atom. The first-order valence-corrected chi connectivity index (χ1v) is 9.22. The zero-order valence-electron chi connectivity index (χ0n) is 10.8. The van der Waals surface area contributed by atoms with E-state index in [9.17, 15) is 0 Å². The number of hydrogen-bond donors (Lipinski definition) is 0. The highest BCUT2D eigenvalue weighted by atomic mass is 79.9. The average molecular weight is 489 g/mol. The van der Waals surface area contributed by atoms with Gasteiger partial charge >= 0.3 is 0 Å². The molecule has 0 spiro atoms. The van der Waals surface area contributed by atoms with Crippen LogP contribution in [0.3, 0.4) is 0 Å². The number of alkyl halides is 1. The molecule has 0 aliphatic rings. The molecule has 106 valence electrons.